The fourth-order valence-electron chi connectivity index (χ4n) is 3.81. The molecule has 0 radical (unpaired) electrons. The van der Waals surface area contributed by atoms with Crippen molar-refractivity contribution in [2.45, 2.75) is 25.4 Å². The molecule has 2 aromatic carbocycles. The van der Waals surface area contributed by atoms with Crippen LogP contribution in [-0.2, 0) is 29.2 Å². The minimum Gasteiger partial charge on any atom is -0.345 e. The quantitative estimate of drug-likeness (QED) is 0.456. The number of nitrogens with one attached hydrogen (secondary N) is 2. The number of rotatable bonds is 9. The van der Waals surface area contributed by atoms with Gasteiger partial charge in [0.25, 0.3) is 11.8 Å². The molecule has 0 aliphatic carbocycles. The molecule has 0 fully saturated rings. The molecule has 0 aromatic heterocycles. The Labute approximate surface area is 208 Å². The van der Waals surface area contributed by atoms with Gasteiger partial charge in [-0.25, -0.2) is 8.42 Å². The molecular weight excluding hydrogens is 488 g/mol. The average Bonchev–Trinajstić information content (AvgIpc) is 2.94. The van der Waals surface area contributed by atoms with Crippen LogP contribution in [0.4, 0.5) is 11.4 Å². The molecule has 0 spiro atoms. The number of ketones is 1. The molecule has 2 atom stereocenters. The number of sulfonamides is 1. The van der Waals surface area contributed by atoms with E-state index in [0.29, 0.717) is 6.29 Å². The van der Waals surface area contributed by atoms with Gasteiger partial charge in [-0.1, -0.05) is 30.3 Å². The molecule has 0 saturated heterocycles. The van der Waals surface area contributed by atoms with E-state index in [1.807, 2.05) is 0 Å². The Hall–Kier alpha value is -4.06. The Morgan fingerprint density at radius 2 is 1.67 bits per heavy atom. The van der Waals surface area contributed by atoms with Crippen LogP contribution in [0, 0.1) is 0 Å². The number of benzene rings is 2. The number of anilines is 2. The molecule has 36 heavy (non-hydrogen) atoms. The zero-order chi connectivity index (χ0) is 26.5. The maximum atomic E-state index is 13.6. The van der Waals surface area contributed by atoms with E-state index >= 15 is 0 Å². The molecule has 1 aliphatic heterocycles. The van der Waals surface area contributed by atoms with Crippen molar-refractivity contribution in [1.29, 1.82) is 0 Å². The molecule has 12 heteroatoms. The highest BCUT2D eigenvalue weighted by molar-refractivity contribution is 7.92. The van der Waals surface area contributed by atoms with Crippen LogP contribution in [0.2, 0.25) is 0 Å². The summed E-state index contributed by atoms with van der Waals surface area (Å²) >= 11 is 0. The number of para-hydroxylation sites is 2. The van der Waals surface area contributed by atoms with Crippen molar-refractivity contribution in [2.75, 3.05) is 28.6 Å². The van der Waals surface area contributed by atoms with Crippen LogP contribution >= 0.6 is 0 Å². The van der Waals surface area contributed by atoms with Crippen molar-refractivity contribution < 1.29 is 32.4 Å². The standard InChI is InChI=1S/C24H26N4O7S/c1-16(30)12-18(15-29)25-22(31)14-27-20-10-6-7-11-21(20)28(36(2,34)35)13-19(24(27)33)26-23(32)17-8-4-3-5-9-17/h3-11,15,18-19H,12-14H2,1-2H3,(H,25,31)(H,26,32)/t18-,19-/m0/s1. The van der Waals surface area contributed by atoms with Crippen molar-refractivity contribution in [2.24, 2.45) is 0 Å². The highest BCUT2D eigenvalue weighted by Crippen LogP contribution is 2.34. The fraction of sp³-hybridized carbons (Fsp3) is 0.292. The van der Waals surface area contributed by atoms with Crippen LogP contribution in [0.1, 0.15) is 23.7 Å². The predicted octanol–water partition coefficient (Wildman–Crippen LogP) is 0.261. The Morgan fingerprint density at radius 3 is 2.25 bits per heavy atom. The first-order chi connectivity index (χ1) is 17.0. The zero-order valence-electron chi connectivity index (χ0n) is 19.7. The van der Waals surface area contributed by atoms with Crippen molar-refractivity contribution in [3.63, 3.8) is 0 Å². The Bertz CT molecular complexity index is 1280. The van der Waals surface area contributed by atoms with Crippen LogP contribution in [0.25, 0.3) is 0 Å². The number of aldehydes is 1. The Morgan fingerprint density at radius 1 is 1.06 bits per heavy atom. The summed E-state index contributed by atoms with van der Waals surface area (Å²) in [6.07, 6.45) is 1.19. The van der Waals surface area contributed by atoms with Gasteiger partial charge in [0, 0.05) is 12.0 Å². The number of amides is 3. The van der Waals surface area contributed by atoms with Gasteiger partial charge in [0.05, 0.1) is 30.2 Å². The smallest absolute Gasteiger partial charge is 0.252 e. The molecule has 1 heterocycles. The number of hydrogen-bond donors (Lipinski definition) is 2. The lowest BCUT2D eigenvalue weighted by Gasteiger charge is -2.25. The third-order valence-corrected chi connectivity index (χ3v) is 6.56. The summed E-state index contributed by atoms with van der Waals surface area (Å²) in [5.74, 6) is -2.36. The van der Waals surface area contributed by atoms with Crippen LogP contribution in [-0.4, -0.2) is 69.6 Å². The number of carbonyl (C=O) groups is 5. The summed E-state index contributed by atoms with van der Waals surface area (Å²) in [4.78, 5) is 62.9. The van der Waals surface area contributed by atoms with E-state index in [1.165, 1.54) is 19.1 Å². The molecule has 0 bridgehead atoms. The third-order valence-electron chi connectivity index (χ3n) is 5.42. The van der Waals surface area contributed by atoms with E-state index < -0.39 is 52.9 Å². The normalized spacial score (nSPS) is 16.4. The van der Waals surface area contributed by atoms with Gasteiger partial charge in [-0.3, -0.25) is 28.4 Å². The van der Waals surface area contributed by atoms with Crippen molar-refractivity contribution in [1.82, 2.24) is 10.6 Å². The van der Waals surface area contributed by atoms with Gasteiger partial charge in [-0.2, -0.15) is 0 Å². The van der Waals surface area contributed by atoms with E-state index in [9.17, 15) is 32.4 Å². The first-order valence-corrected chi connectivity index (χ1v) is 12.8. The third kappa shape index (κ3) is 6.33. The lowest BCUT2D eigenvalue weighted by Crippen LogP contribution is -2.54. The molecule has 1 aliphatic rings. The molecule has 2 N–H and O–H groups in total. The molecular formula is C24H26N4O7S. The molecule has 3 amide bonds. The summed E-state index contributed by atoms with van der Waals surface area (Å²) in [6, 6.07) is 11.8. The fourth-order valence-corrected chi connectivity index (χ4v) is 4.74. The number of nitrogens with zero attached hydrogens (tertiary/aromatic N) is 2. The van der Waals surface area contributed by atoms with E-state index in [-0.39, 0.29) is 29.1 Å². The van der Waals surface area contributed by atoms with Crippen LogP contribution in [0.3, 0.4) is 0 Å². The minimum atomic E-state index is -3.89. The largest absolute Gasteiger partial charge is 0.345 e. The summed E-state index contributed by atoms with van der Waals surface area (Å²) in [5, 5.41) is 4.97. The van der Waals surface area contributed by atoms with Crippen molar-refractivity contribution in [3.05, 3.63) is 60.2 Å². The summed E-state index contributed by atoms with van der Waals surface area (Å²) in [6.45, 7) is 0.303. The lowest BCUT2D eigenvalue weighted by atomic mass is 10.1. The molecule has 2 aromatic rings. The van der Waals surface area contributed by atoms with Crippen LogP contribution < -0.4 is 19.8 Å². The van der Waals surface area contributed by atoms with E-state index in [1.54, 1.807) is 42.5 Å². The van der Waals surface area contributed by atoms with Gasteiger partial charge in [0.1, 0.15) is 24.7 Å². The lowest BCUT2D eigenvalue weighted by molar-refractivity contribution is -0.126. The first kappa shape index (κ1) is 26.5. The Balaban J connectivity index is 1.98. The van der Waals surface area contributed by atoms with E-state index in [2.05, 4.69) is 10.6 Å². The van der Waals surface area contributed by atoms with Gasteiger partial charge in [-0.15, -0.1) is 0 Å². The zero-order valence-corrected chi connectivity index (χ0v) is 20.5. The number of hydrogen-bond acceptors (Lipinski definition) is 7. The average molecular weight is 515 g/mol. The topological polar surface area (TPSA) is 150 Å². The van der Waals surface area contributed by atoms with Gasteiger partial charge in [-0.05, 0) is 31.2 Å². The van der Waals surface area contributed by atoms with Gasteiger partial charge in [0.15, 0.2) is 0 Å². The molecule has 0 unspecified atom stereocenters. The summed E-state index contributed by atoms with van der Waals surface area (Å²) in [5.41, 5.74) is 0.544. The predicted molar refractivity (Wildman–Crippen MR) is 132 cm³/mol. The Kier molecular flexibility index (Phi) is 8.20. The maximum Gasteiger partial charge on any atom is 0.252 e. The highest BCUT2D eigenvalue weighted by Gasteiger charge is 2.38. The number of fused-ring (bicyclic) bond motifs is 1. The molecule has 3 rings (SSSR count). The minimum absolute atomic E-state index is 0.133. The maximum absolute atomic E-state index is 13.6. The van der Waals surface area contributed by atoms with Crippen LogP contribution in [0.15, 0.2) is 54.6 Å². The van der Waals surface area contributed by atoms with Crippen LogP contribution in [0.5, 0.6) is 0 Å². The SMILES string of the molecule is CC(=O)C[C@@H](C=O)NC(=O)CN1C(=O)[C@@H](NC(=O)c2ccccc2)CN(S(C)(=O)=O)c2ccccc21. The van der Waals surface area contributed by atoms with Gasteiger partial charge in [0.2, 0.25) is 15.9 Å². The second-order valence-electron chi connectivity index (χ2n) is 8.32. The first-order valence-electron chi connectivity index (χ1n) is 11.0. The van der Waals surface area contributed by atoms with E-state index in [4.69, 9.17) is 0 Å². The van der Waals surface area contributed by atoms with Gasteiger partial charge < -0.3 is 15.4 Å². The second kappa shape index (κ2) is 11.1. The second-order valence-corrected chi connectivity index (χ2v) is 10.2. The number of Topliss-reactive ketones (excluding diaryl/α,β-unsaturated/α-hetero) is 1. The molecule has 11 nitrogen and oxygen atoms in total. The van der Waals surface area contributed by atoms with Crippen molar-refractivity contribution >= 4 is 51.2 Å². The van der Waals surface area contributed by atoms with Gasteiger partial charge >= 0.3 is 0 Å². The summed E-state index contributed by atoms with van der Waals surface area (Å²) in [7, 11) is -3.89. The molecule has 190 valence electrons. The monoisotopic (exact) mass is 514 g/mol. The van der Waals surface area contributed by atoms with E-state index in [0.717, 1.165) is 15.5 Å². The summed E-state index contributed by atoms with van der Waals surface area (Å²) < 4.78 is 26.3. The number of carbonyl (C=O) groups excluding carboxylic acids is 5. The van der Waals surface area contributed by atoms with Crippen molar-refractivity contribution in [3.8, 4) is 0 Å². The molecule has 0 saturated carbocycles. The highest BCUT2D eigenvalue weighted by atomic mass is 32.2.